The minimum atomic E-state index is -0.516. The Morgan fingerprint density at radius 2 is 1.85 bits per heavy atom. The number of nitrogens with one attached hydrogen (secondary N) is 1. The molecule has 1 amide bonds. The quantitative estimate of drug-likeness (QED) is 0.245. The van der Waals surface area contributed by atoms with Crippen molar-refractivity contribution in [2.24, 2.45) is 19.8 Å². The SMILES string of the molecule is Cc1ccc(-n2c(=O)c(C(=O)Nc3ccc(Oc4ncnc5oc(-c6cnn(C)c6)c(C6C=C(N)C=CC6)c45)cc3)cn2C)cc1. The second-order valence-electron chi connectivity index (χ2n) is 11.2. The van der Waals surface area contributed by atoms with Crippen LogP contribution in [0.5, 0.6) is 11.6 Å². The Hall–Kier alpha value is -6.17. The van der Waals surface area contributed by atoms with Gasteiger partial charge in [0.05, 0.1) is 17.4 Å². The fraction of sp³-hybridized carbons (Fsp3) is 0.147. The number of rotatable bonds is 7. The van der Waals surface area contributed by atoms with Gasteiger partial charge in [0.1, 0.15) is 28.8 Å². The molecule has 12 nitrogen and oxygen atoms in total. The fourth-order valence-electron chi connectivity index (χ4n) is 5.63. The number of nitrogens with zero attached hydrogens (tertiary/aromatic N) is 6. The van der Waals surface area contributed by atoms with E-state index in [4.69, 9.17) is 14.9 Å². The van der Waals surface area contributed by atoms with E-state index in [1.54, 1.807) is 46.9 Å². The summed E-state index contributed by atoms with van der Waals surface area (Å²) in [6.07, 6.45) is 13.1. The van der Waals surface area contributed by atoms with Gasteiger partial charge in [-0.1, -0.05) is 29.8 Å². The molecule has 1 atom stereocenters. The van der Waals surface area contributed by atoms with Crippen molar-refractivity contribution in [3.63, 3.8) is 0 Å². The molecule has 7 rings (SSSR count). The molecule has 0 fully saturated rings. The Balaban J connectivity index is 1.16. The van der Waals surface area contributed by atoms with Crippen LogP contribution in [0.3, 0.4) is 0 Å². The summed E-state index contributed by atoms with van der Waals surface area (Å²) in [7, 11) is 3.56. The minimum absolute atomic E-state index is 0.0240. The molecule has 12 heteroatoms. The number of carbonyl (C=O) groups is 1. The molecule has 6 aromatic rings. The van der Waals surface area contributed by atoms with Crippen molar-refractivity contribution in [3.8, 4) is 28.6 Å². The van der Waals surface area contributed by atoms with Gasteiger partial charge in [-0.2, -0.15) is 5.10 Å². The van der Waals surface area contributed by atoms with Crippen molar-refractivity contribution in [3.05, 3.63) is 124 Å². The Kier molecular flexibility index (Phi) is 7.08. The molecule has 0 radical (unpaired) electrons. The lowest BCUT2D eigenvalue weighted by atomic mass is 9.89. The highest BCUT2D eigenvalue weighted by molar-refractivity contribution is 6.04. The molecule has 0 bridgehead atoms. The van der Waals surface area contributed by atoms with Crippen LogP contribution in [0, 0.1) is 6.92 Å². The number of nitrogens with two attached hydrogens (primary N) is 1. The maximum absolute atomic E-state index is 13.1. The Bertz CT molecular complexity index is 2220. The van der Waals surface area contributed by atoms with E-state index in [9.17, 15) is 9.59 Å². The van der Waals surface area contributed by atoms with Crippen molar-refractivity contribution >= 4 is 22.7 Å². The van der Waals surface area contributed by atoms with Crippen LogP contribution in [0.25, 0.3) is 28.1 Å². The van der Waals surface area contributed by atoms with Crippen molar-refractivity contribution in [1.29, 1.82) is 0 Å². The zero-order valence-corrected chi connectivity index (χ0v) is 25.3. The summed E-state index contributed by atoms with van der Waals surface area (Å²) in [6, 6.07) is 14.3. The zero-order valence-electron chi connectivity index (χ0n) is 25.3. The lowest BCUT2D eigenvalue weighted by molar-refractivity contribution is 0.102. The number of furan rings is 1. The second-order valence-corrected chi connectivity index (χ2v) is 11.2. The van der Waals surface area contributed by atoms with Gasteiger partial charge in [-0.15, -0.1) is 0 Å². The number of amides is 1. The molecule has 0 aliphatic heterocycles. The third-order valence-corrected chi connectivity index (χ3v) is 7.83. The highest BCUT2D eigenvalue weighted by Gasteiger charge is 2.28. The maximum Gasteiger partial charge on any atom is 0.284 e. The molecule has 4 aromatic heterocycles. The van der Waals surface area contributed by atoms with Crippen LogP contribution in [0.15, 0.2) is 107 Å². The van der Waals surface area contributed by atoms with Crippen LogP contribution < -0.4 is 21.3 Å². The van der Waals surface area contributed by atoms with Gasteiger partial charge in [0.15, 0.2) is 0 Å². The van der Waals surface area contributed by atoms with E-state index in [-0.39, 0.29) is 11.5 Å². The number of ether oxygens (including phenoxy) is 1. The highest BCUT2D eigenvalue weighted by Crippen LogP contribution is 2.44. The van der Waals surface area contributed by atoms with Gasteiger partial charge in [-0.05, 0) is 55.8 Å². The smallest absolute Gasteiger partial charge is 0.284 e. The molecule has 4 heterocycles. The summed E-state index contributed by atoms with van der Waals surface area (Å²) < 4.78 is 17.3. The Morgan fingerprint density at radius 3 is 2.57 bits per heavy atom. The molecule has 2 aromatic carbocycles. The Labute approximate surface area is 263 Å². The van der Waals surface area contributed by atoms with Crippen molar-refractivity contribution in [2.75, 3.05) is 5.32 Å². The lowest BCUT2D eigenvalue weighted by Crippen LogP contribution is -2.25. The average molecular weight is 615 g/mol. The third-order valence-electron chi connectivity index (χ3n) is 7.83. The molecule has 230 valence electrons. The van der Waals surface area contributed by atoms with Crippen molar-refractivity contribution in [2.45, 2.75) is 19.3 Å². The van der Waals surface area contributed by atoms with Gasteiger partial charge in [-0.25, -0.2) is 14.6 Å². The van der Waals surface area contributed by atoms with Crippen molar-refractivity contribution in [1.82, 2.24) is 29.1 Å². The predicted octanol–water partition coefficient (Wildman–Crippen LogP) is 5.35. The van der Waals surface area contributed by atoms with E-state index in [1.165, 1.54) is 17.2 Å². The van der Waals surface area contributed by atoms with Crippen LogP contribution in [0.2, 0.25) is 0 Å². The summed E-state index contributed by atoms with van der Waals surface area (Å²) in [5.74, 6) is 0.808. The number of benzene rings is 2. The van der Waals surface area contributed by atoms with Gasteiger partial charge in [0, 0.05) is 49.4 Å². The number of fused-ring (bicyclic) bond motifs is 1. The first-order chi connectivity index (χ1) is 22.2. The lowest BCUT2D eigenvalue weighted by Gasteiger charge is -2.16. The minimum Gasteiger partial charge on any atom is -0.438 e. The van der Waals surface area contributed by atoms with Gasteiger partial charge in [-0.3, -0.25) is 19.0 Å². The van der Waals surface area contributed by atoms with Gasteiger partial charge >= 0.3 is 0 Å². The van der Waals surface area contributed by atoms with E-state index >= 15 is 0 Å². The molecule has 0 saturated heterocycles. The topological polar surface area (TPSA) is 148 Å². The molecule has 46 heavy (non-hydrogen) atoms. The van der Waals surface area contributed by atoms with Crippen LogP contribution in [0.4, 0.5) is 5.69 Å². The molecule has 1 aliphatic carbocycles. The van der Waals surface area contributed by atoms with E-state index < -0.39 is 11.5 Å². The monoisotopic (exact) mass is 614 g/mol. The molecule has 0 spiro atoms. The van der Waals surface area contributed by atoms with Gasteiger partial charge in [0.25, 0.3) is 11.5 Å². The number of aromatic nitrogens is 6. The average Bonchev–Trinajstić information content (AvgIpc) is 3.73. The number of hydrogen-bond acceptors (Lipinski definition) is 8. The highest BCUT2D eigenvalue weighted by atomic mass is 16.5. The molecule has 1 aliphatic rings. The summed E-state index contributed by atoms with van der Waals surface area (Å²) in [5, 5.41) is 7.76. The van der Waals surface area contributed by atoms with Crippen LogP contribution >= 0.6 is 0 Å². The summed E-state index contributed by atoms with van der Waals surface area (Å²) in [5.41, 5.74) is 10.7. The van der Waals surface area contributed by atoms with Crippen molar-refractivity contribution < 1.29 is 13.9 Å². The molecule has 0 saturated carbocycles. The van der Waals surface area contributed by atoms with E-state index in [0.717, 1.165) is 16.7 Å². The molecular formula is C34H30N8O4. The largest absolute Gasteiger partial charge is 0.438 e. The molecular weight excluding hydrogens is 584 g/mol. The number of carbonyl (C=O) groups excluding carboxylic acids is 1. The maximum atomic E-state index is 13.1. The van der Waals surface area contributed by atoms with Gasteiger partial charge < -0.3 is 20.2 Å². The number of anilines is 1. The number of allylic oxidation sites excluding steroid dienone is 3. The fourth-order valence-corrected chi connectivity index (χ4v) is 5.63. The summed E-state index contributed by atoms with van der Waals surface area (Å²) in [6.45, 7) is 1.97. The summed E-state index contributed by atoms with van der Waals surface area (Å²) in [4.78, 5) is 35.1. The normalized spacial score (nSPS) is 14.4. The first-order valence-electron chi connectivity index (χ1n) is 14.6. The standard InChI is InChI=1S/C34H30N8O4/c1-20-7-11-25(12-8-20)42-34(44)27(18-41(42)3)31(43)39-24-9-13-26(14-10-24)45-32-29-28(21-5-4-6-23(35)15-21)30(22-16-38-40(2)17-22)46-33(29)37-19-36-32/h4,6-19,21H,5,35H2,1-3H3,(H,39,43). The summed E-state index contributed by atoms with van der Waals surface area (Å²) >= 11 is 0. The van der Waals surface area contributed by atoms with Crippen LogP contribution in [-0.2, 0) is 14.1 Å². The molecule has 1 unspecified atom stereocenters. The van der Waals surface area contributed by atoms with Crippen LogP contribution in [-0.4, -0.2) is 35.0 Å². The van der Waals surface area contributed by atoms with E-state index in [1.807, 2.05) is 62.7 Å². The first-order valence-corrected chi connectivity index (χ1v) is 14.6. The Morgan fingerprint density at radius 1 is 1.07 bits per heavy atom. The zero-order chi connectivity index (χ0) is 31.9. The van der Waals surface area contributed by atoms with E-state index in [2.05, 4.69) is 20.4 Å². The molecule has 3 N–H and O–H groups in total. The third kappa shape index (κ3) is 5.25. The van der Waals surface area contributed by atoms with E-state index in [0.29, 0.717) is 52.0 Å². The second kappa shape index (κ2) is 11.4. The van der Waals surface area contributed by atoms with Crippen LogP contribution in [0.1, 0.15) is 33.8 Å². The number of aryl methyl sites for hydroxylation is 3. The van der Waals surface area contributed by atoms with Gasteiger partial charge in [0.2, 0.25) is 11.6 Å². The predicted molar refractivity (Wildman–Crippen MR) is 173 cm³/mol. The first kappa shape index (κ1) is 28.6. The number of hydrogen-bond donors (Lipinski definition) is 2.